The highest BCUT2D eigenvalue weighted by Crippen LogP contribution is 2.43. The summed E-state index contributed by atoms with van der Waals surface area (Å²) >= 11 is 0. The van der Waals surface area contributed by atoms with Crippen molar-refractivity contribution in [2.75, 3.05) is 26.2 Å². The molecule has 2 aliphatic rings. The van der Waals surface area contributed by atoms with Crippen LogP contribution in [0.3, 0.4) is 0 Å². The van der Waals surface area contributed by atoms with Gasteiger partial charge in [0.05, 0.1) is 6.61 Å². The number of benzene rings is 1. The molecular formula is C20H28F2N4O2. The van der Waals surface area contributed by atoms with Crippen LogP contribution in [0.4, 0.5) is 13.6 Å². The van der Waals surface area contributed by atoms with Gasteiger partial charge in [-0.3, -0.25) is 4.99 Å². The fourth-order valence-corrected chi connectivity index (χ4v) is 3.62. The highest BCUT2D eigenvalue weighted by molar-refractivity contribution is 5.81. The molecule has 3 rings (SSSR count). The maximum atomic E-state index is 14.0. The zero-order valence-electron chi connectivity index (χ0n) is 16.4. The molecule has 1 aliphatic carbocycles. The zero-order valence-corrected chi connectivity index (χ0v) is 16.4. The summed E-state index contributed by atoms with van der Waals surface area (Å²) in [6.45, 7) is 5.96. The molecule has 2 atom stereocenters. The van der Waals surface area contributed by atoms with Crippen LogP contribution < -0.4 is 10.6 Å². The van der Waals surface area contributed by atoms with Gasteiger partial charge in [-0.1, -0.05) is 6.07 Å². The normalized spacial score (nSPS) is 22.7. The maximum Gasteiger partial charge on any atom is 0.409 e. The lowest BCUT2D eigenvalue weighted by molar-refractivity contribution is 0.0963. The van der Waals surface area contributed by atoms with Gasteiger partial charge in [0.25, 0.3) is 0 Å². The molecule has 1 aromatic carbocycles. The number of guanidine groups is 1. The molecular weight excluding hydrogens is 366 g/mol. The van der Waals surface area contributed by atoms with E-state index < -0.39 is 11.6 Å². The maximum absolute atomic E-state index is 14.0. The van der Waals surface area contributed by atoms with Crippen LogP contribution in [0.1, 0.15) is 44.6 Å². The van der Waals surface area contributed by atoms with E-state index in [0.29, 0.717) is 38.6 Å². The molecule has 1 aliphatic heterocycles. The Labute approximate surface area is 164 Å². The first kappa shape index (κ1) is 20.4. The molecule has 28 heavy (non-hydrogen) atoms. The number of hydrogen-bond acceptors (Lipinski definition) is 3. The summed E-state index contributed by atoms with van der Waals surface area (Å²) in [5, 5.41) is 6.69. The van der Waals surface area contributed by atoms with E-state index in [1.54, 1.807) is 11.8 Å². The third kappa shape index (κ3) is 4.91. The van der Waals surface area contributed by atoms with Crippen LogP contribution in [0.25, 0.3) is 0 Å². The van der Waals surface area contributed by atoms with Gasteiger partial charge in [-0.25, -0.2) is 13.6 Å². The Morgan fingerprint density at radius 3 is 2.50 bits per heavy atom. The molecule has 1 aromatic rings. The van der Waals surface area contributed by atoms with E-state index in [2.05, 4.69) is 15.6 Å². The van der Waals surface area contributed by atoms with Crippen molar-refractivity contribution in [3.63, 3.8) is 0 Å². The Morgan fingerprint density at radius 1 is 1.21 bits per heavy atom. The molecule has 2 unspecified atom stereocenters. The standard InChI is InChI=1S/C20H28F2N4O2/c1-3-23-19(24-13-8-10-26(11-9-13)20(27)28-4-2)25-17-12-14(17)18-15(21)6-5-7-16(18)22/h5-7,13-14,17H,3-4,8-12H2,1-2H3,(H2,23,24,25). The molecule has 2 fully saturated rings. The number of carbonyl (C=O) groups is 1. The van der Waals surface area contributed by atoms with Gasteiger partial charge < -0.3 is 20.3 Å². The van der Waals surface area contributed by atoms with Crippen molar-refractivity contribution in [1.29, 1.82) is 0 Å². The molecule has 0 bridgehead atoms. The number of nitrogens with one attached hydrogen (secondary N) is 2. The zero-order chi connectivity index (χ0) is 20.1. The Hall–Kier alpha value is -2.38. The van der Waals surface area contributed by atoms with Crippen LogP contribution in [-0.2, 0) is 4.74 Å². The third-order valence-electron chi connectivity index (χ3n) is 5.16. The van der Waals surface area contributed by atoms with Crippen LogP contribution in [0.15, 0.2) is 23.2 Å². The number of amides is 1. The second-order valence-electron chi connectivity index (χ2n) is 7.16. The minimum atomic E-state index is -0.498. The van der Waals surface area contributed by atoms with Crippen LogP contribution in [0.2, 0.25) is 0 Å². The number of piperidine rings is 1. The number of hydrogen-bond donors (Lipinski definition) is 2. The quantitative estimate of drug-likeness (QED) is 0.595. The van der Waals surface area contributed by atoms with Crippen LogP contribution in [0, 0.1) is 11.6 Å². The number of likely N-dealkylation sites (tertiary alicyclic amines) is 1. The van der Waals surface area contributed by atoms with E-state index in [1.165, 1.54) is 18.2 Å². The monoisotopic (exact) mass is 394 g/mol. The van der Waals surface area contributed by atoms with Gasteiger partial charge in [-0.15, -0.1) is 0 Å². The van der Waals surface area contributed by atoms with Crippen molar-refractivity contribution in [2.24, 2.45) is 4.99 Å². The smallest absolute Gasteiger partial charge is 0.409 e. The summed E-state index contributed by atoms with van der Waals surface area (Å²) in [5.74, 6) is -0.526. The lowest BCUT2D eigenvalue weighted by Crippen LogP contribution is -2.50. The Bertz CT molecular complexity index is 700. The molecule has 1 heterocycles. The van der Waals surface area contributed by atoms with E-state index in [9.17, 15) is 13.6 Å². The molecule has 1 saturated heterocycles. The number of nitrogens with zero attached hydrogens (tertiary/aromatic N) is 2. The van der Waals surface area contributed by atoms with E-state index >= 15 is 0 Å². The number of rotatable bonds is 5. The summed E-state index contributed by atoms with van der Waals surface area (Å²) < 4.78 is 33.0. The first-order chi connectivity index (χ1) is 13.5. The largest absolute Gasteiger partial charge is 0.450 e. The van der Waals surface area contributed by atoms with E-state index in [4.69, 9.17) is 4.74 Å². The van der Waals surface area contributed by atoms with E-state index in [-0.39, 0.29) is 29.7 Å². The molecule has 6 nitrogen and oxygen atoms in total. The fourth-order valence-electron chi connectivity index (χ4n) is 3.62. The van der Waals surface area contributed by atoms with Crippen molar-refractivity contribution in [2.45, 2.75) is 51.1 Å². The second-order valence-corrected chi connectivity index (χ2v) is 7.16. The molecule has 0 spiro atoms. The lowest BCUT2D eigenvalue weighted by atomic mass is 10.1. The Balaban J connectivity index is 1.52. The Kier molecular flexibility index (Phi) is 6.70. The van der Waals surface area contributed by atoms with E-state index in [1.807, 2.05) is 6.92 Å². The SMILES string of the molecule is CCN=C(NC1CCN(C(=O)OCC)CC1)NC1CC1c1c(F)cccc1F. The number of halogens is 2. The van der Waals surface area contributed by atoms with Crippen molar-refractivity contribution in [3.8, 4) is 0 Å². The minimum Gasteiger partial charge on any atom is -0.450 e. The number of aliphatic imine (C=N–C) groups is 1. The first-order valence-electron chi connectivity index (χ1n) is 9.96. The van der Waals surface area contributed by atoms with Crippen LogP contribution >= 0.6 is 0 Å². The number of carbonyl (C=O) groups excluding carboxylic acids is 1. The summed E-state index contributed by atoms with van der Waals surface area (Å²) in [6.07, 6.45) is 1.98. The fraction of sp³-hybridized carbons (Fsp3) is 0.600. The highest BCUT2D eigenvalue weighted by Gasteiger charge is 2.42. The average molecular weight is 394 g/mol. The van der Waals surface area contributed by atoms with Gasteiger partial charge >= 0.3 is 6.09 Å². The Morgan fingerprint density at radius 2 is 1.89 bits per heavy atom. The lowest BCUT2D eigenvalue weighted by Gasteiger charge is -2.32. The van der Waals surface area contributed by atoms with Crippen LogP contribution in [-0.4, -0.2) is 55.3 Å². The highest BCUT2D eigenvalue weighted by atomic mass is 19.1. The van der Waals surface area contributed by atoms with Crippen molar-refractivity contribution in [1.82, 2.24) is 15.5 Å². The third-order valence-corrected chi connectivity index (χ3v) is 5.16. The minimum absolute atomic E-state index is 0.0381. The molecule has 2 N–H and O–H groups in total. The van der Waals surface area contributed by atoms with E-state index in [0.717, 1.165) is 12.8 Å². The van der Waals surface area contributed by atoms with Crippen LogP contribution in [0.5, 0.6) is 0 Å². The van der Waals surface area contributed by atoms with Crippen molar-refractivity contribution >= 4 is 12.1 Å². The first-order valence-corrected chi connectivity index (χ1v) is 9.96. The predicted octanol–water partition coefficient (Wildman–Crippen LogP) is 3.00. The van der Waals surface area contributed by atoms with Gasteiger partial charge in [-0.2, -0.15) is 0 Å². The van der Waals surface area contributed by atoms with Gasteiger partial charge in [0.1, 0.15) is 11.6 Å². The van der Waals surface area contributed by atoms with Gasteiger partial charge in [-0.05, 0) is 45.2 Å². The summed E-state index contributed by atoms with van der Waals surface area (Å²) in [4.78, 5) is 18.0. The van der Waals surface area contributed by atoms with Crippen molar-refractivity contribution < 1.29 is 18.3 Å². The van der Waals surface area contributed by atoms with Crippen molar-refractivity contribution in [3.05, 3.63) is 35.4 Å². The second kappa shape index (κ2) is 9.21. The molecule has 1 saturated carbocycles. The van der Waals surface area contributed by atoms with Gasteiger partial charge in [0, 0.05) is 43.2 Å². The molecule has 0 radical (unpaired) electrons. The molecule has 0 aromatic heterocycles. The van der Waals surface area contributed by atoms with Gasteiger partial charge in [0.2, 0.25) is 0 Å². The van der Waals surface area contributed by atoms with Gasteiger partial charge in [0.15, 0.2) is 5.96 Å². The summed E-state index contributed by atoms with van der Waals surface area (Å²) in [7, 11) is 0. The predicted molar refractivity (Wildman–Crippen MR) is 103 cm³/mol. The molecule has 8 heteroatoms. The topological polar surface area (TPSA) is 66.0 Å². The average Bonchev–Trinajstić information content (AvgIpc) is 3.41. The number of ether oxygens (including phenoxy) is 1. The summed E-state index contributed by atoms with van der Waals surface area (Å²) in [5.41, 5.74) is 0.151. The summed E-state index contributed by atoms with van der Waals surface area (Å²) in [6, 6.07) is 4.12. The molecule has 1 amide bonds. The molecule has 154 valence electrons.